The number of aliphatic hydroxyl groups excluding tert-OH is 1. The quantitative estimate of drug-likeness (QED) is 0.722. The van der Waals surface area contributed by atoms with E-state index in [1.54, 1.807) is 11.6 Å². The molecule has 0 fully saturated rings. The van der Waals surface area contributed by atoms with Crippen LogP contribution in [0, 0.1) is 0 Å². The molecule has 2 N–H and O–H groups in total. The molecule has 1 unspecified atom stereocenters. The summed E-state index contributed by atoms with van der Waals surface area (Å²) in [5, 5.41) is 13.7. The van der Waals surface area contributed by atoms with Gasteiger partial charge >= 0.3 is 0 Å². The summed E-state index contributed by atoms with van der Waals surface area (Å²) < 4.78 is 1.77. The second-order valence-electron chi connectivity index (χ2n) is 4.43. The van der Waals surface area contributed by atoms with Gasteiger partial charge in [-0.1, -0.05) is 6.07 Å². The van der Waals surface area contributed by atoms with Crippen LogP contribution in [0.4, 0.5) is 0 Å². The third-order valence-electron chi connectivity index (χ3n) is 2.93. The number of hydrogen-bond donors (Lipinski definition) is 2. The van der Waals surface area contributed by atoms with Crippen LogP contribution in [0.5, 0.6) is 0 Å². The van der Waals surface area contributed by atoms with E-state index in [-0.39, 0.29) is 0 Å². The minimum absolute atomic E-state index is 0.584. The lowest BCUT2D eigenvalue weighted by atomic mass is 10.1. The number of aryl methyl sites for hydroxylation is 1. The van der Waals surface area contributed by atoms with Gasteiger partial charge in [-0.05, 0) is 24.6 Å². The second kappa shape index (κ2) is 3.96. The second-order valence-corrected chi connectivity index (χ2v) is 4.43. The molecule has 1 aromatic carbocycles. The highest BCUT2D eigenvalue weighted by Crippen LogP contribution is 2.23. The van der Waals surface area contributed by atoms with Crippen molar-refractivity contribution in [3.63, 3.8) is 0 Å². The molecule has 3 aromatic rings. The molecule has 0 saturated heterocycles. The molecule has 0 radical (unpaired) electrons. The summed E-state index contributed by atoms with van der Waals surface area (Å²) in [6, 6.07) is 5.97. The van der Waals surface area contributed by atoms with E-state index in [4.69, 9.17) is 0 Å². The minimum atomic E-state index is -0.584. The first-order valence-electron chi connectivity index (χ1n) is 5.80. The maximum atomic E-state index is 9.51. The van der Waals surface area contributed by atoms with Crippen LogP contribution in [0.3, 0.4) is 0 Å². The molecule has 0 saturated carbocycles. The highest BCUT2D eigenvalue weighted by molar-refractivity contribution is 5.81. The number of fused-ring (bicyclic) bond motifs is 1. The van der Waals surface area contributed by atoms with Gasteiger partial charge in [-0.3, -0.25) is 4.68 Å². The first-order valence-corrected chi connectivity index (χ1v) is 5.80. The van der Waals surface area contributed by atoms with Gasteiger partial charge in [-0.2, -0.15) is 5.10 Å². The number of imidazole rings is 1. The number of hydrogen-bond acceptors (Lipinski definition) is 3. The summed E-state index contributed by atoms with van der Waals surface area (Å²) in [4.78, 5) is 7.45. The lowest BCUT2D eigenvalue weighted by molar-refractivity contribution is 0.190. The van der Waals surface area contributed by atoms with E-state index in [1.807, 2.05) is 37.6 Å². The highest BCUT2D eigenvalue weighted by Gasteiger charge is 2.09. The summed E-state index contributed by atoms with van der Waals surface area (Å²) in [5.41, 5.74) is 3.93. The van der Waals surface area contributed by atoms with Crippen LogP contribution in [0.1, 0.15) is 18.9 Å². The van der Waals surface area contributed by atoms with Crippen molar-refractivity contribution in [2.75, 3.05) is 0 Å². The standard InChI is InChI=1S/C13H14N4O/c1-8(18)13-15-11-4-3-9(5-12(11)16-13)10-6-14-17(2)7-10/h3-8,18H,1-2H3,(H,15,16). The zero-order chi connectivity index (χ0) is 12.7. The van der Waals surface area contributed by atoms with E-state index < -0.39 is 6.10 Å². The molecular formula is C13H14N4O. The molecule has 2 heterocycles. The summed E-state index contributed by atoms with van der Waals surface area (Å²) in [5.74, 6) is 0.591. The molecule has 2 aromatic heterocycles. The third-order valence-corrected chi connectivity index (χ3v) is 2.93. The van der Waals surface area contributed by atoms with Gasteiger partial charge in [0.05, 0.1) is 17.2 Å². The van der Waals surface area contributed by atoms with Crippen LogP contribution in [0.15, 0.2) is 30.6 Å². The van der Waals surface area contributed by atoms with Gasteiger partial charge in [0.1, 0.15) is 11.9 Å². The number of aromatic nitrogens is 4. The number of nitrogens with one attached hydrogen (secondary N) is 1. The van der Waals surface area contributed by atoms with Crippen LogP contribution in [0.25, 0.3) is 22.2 Å². The van der Waals surface area contributed by atoms with Crippen LogP contribution >= 0.6 is 0 Å². The predicted molar refractivity (Wildman–Crippen MR) is 68.9 cm³/mol. The van der Waals surface area contributed by atoms with Crippen LogP contribution in [-0.4, -0.2) is 24.9 Å². The van der Waals surface area contributed by atoms with Crippen molar-refractivity contribution in [1.29, 1.82) is 0 Å². The van der Waals surface area contributed by atoms with Gasteiger partial charge in [0, 0.05) is 18.8 Å². The smallest absolute Gasteiger partial charge is 0.135 e. The Morgan fingerprint density at radius 3 is 2.83 bits per heavy atom. The van der Waals surface area contributed by atoms with Crippen molar-refractivity contribution in [3.8, 4) is 11.1 Å². The van der Waals surface area contributed by atoms with E-state index in [2.05, 4.69) is 15.1 Å². The van der Waals surface area contributed by atoms with Crippen molar-refractivity contribution in [2.24, 2.45) is 7.05 Å². The molecule has 92 valence electrons. The molecule has 0 spiro atoms. The maximum absolute atomic E-state index is 9.51. The molecule has 5 nitrogen and oxygen atoms in total. The number of nitrogens with zero attached hydrogens (tertiary/aromatic N) is 3. The molecule has 0 aliphatic carbocycles. The van der Waals surface area contributed by atoms with Crippen molar-refractivity contribution >= 4 is 11.0 Å². The Labute approximate surface area is 104 Å². The molecule has 0 bridgehead atoms. The Morgan fingerprint density at radius 1 is 1.33 bits per heavy atom. The number of rotatable bonds is 2. The van der Waals surface area contributed by atoms with Gasteiger partial charge in [0.2, 0.25) is 0 Å². The van der Waals surface area contributed by atoms with E-state index >= 15 is 0 Å². The zero-order valence-corrected chi connectivity index (χ0v) is 10.3. The van der Waals surface area contributed by atoms with Gasteiger partial charge in [0.25, 0.3) is 0 Å². The zero-order valence-electron chi connectivity index (χ0n) is 10.3. The van der Waals surface area contributed by atoms with Gasteiger partial charge < -0.3 is 10.1 Å². The molecular weight excluding hydrogens is 228 g/mol. The highest BCUT2D eigenvalue weighted by atomic mass is 16.3. The minimum Gasteiger partial charge on any atom is -0.385 e. The Bertz CT molecular complexity index is 696. The van der Waals surface area contributed by atoms with Gasteiger partial charge in [-0.25, -0.2) is 4.98 Å². The maximum Gasteiger partial charge on any atom is 0.135 e. The van der Waals surface area contributed by atoms with Gasteiger partial charge in [-0.15, -0.1) is 0 Å². The summed E-state index contributed by atoms with van der Waals surface area (Å²) in [6.07, 6.45) is 3.21. The first-order chi connectivity index (χ1) is 8.63. The molecule has 0 aliphatic rings. The molecule has 5 heteroatoms. The third kappa shape index (κ3) is 1.78. The Morgan fingerprint density at radius 2 is 2.17 bits per heavy atom. The number of aliphatic hydroxyl groups is 1. The Hall–Kier alpha value is -2.14. The number of aromatic amines is 1. The largest absolute Gasteiger partial charge is 0.385 e. The normalized spacial score (nSPS) is 13.1. The lowest BCUT2D eigenvalue weighted by Crippen LogP contribution is -1.92. The van der Waals surface area contributed by atoms with Crippen molar-refractivity contribution in [3.05, 3.63) is 36.4 Å². The van der Waals surface area contributed by atoms with E-state index in [9.17, 15) is 5.11 Å². The van der Waals surface area contributed by atoms with Crippen LogP contribution < -0.4 is 0 Å². The van der Waals surface area contributed by atoms with E-state index in [0.717, 1.165) is 22.2 Å². The predicted octanol–water partition coefficient (Wildman–Crippen LogP) is 2.02. The number of benzene rings is 1. The summed E-state index contributed by atoms with van der Waals surface area (Å²) >= 11 is 0. The Kier molecular flexibility index (Phi) is 2.41. The lowest BCUT2D eigenvalue weighted by Gasteiger charge is -1.96. The summed E-state index contributed by atoms with van der Waals surface area (Å²) in [7, 11) is 1.89. The van der Waals surface area contributed by atoms with Crippen molar-refractivity contribution in [1.82, 2.24) is 19.7 Å². The fourth-order valence-corrected chi connectivity index (χ4v) is 1.98. The van der Waals surface area contributed by atoms with Crippen molar-refractivity contribution < 1.29 is 5.11 Å². The molecule has 18 heavy (non-hydrogen) atoms. The molecule has 1 atom stereocenters. The van der Waals surface area contributed by atoms with Crippen LogP contribution in [0.2, 0.25) is 0 Å². The van der Waals surface area contributed by atoms with Gasteiger partial charge in [0.15, 0.2) is 0 Å². The fraction of sp³-hybridized carbons (Fsp3) is 0.231. The average molecular weight is 242 g/mol. The molecule has 3 rings (SSSR count). The van der Waals surface area contributed by atoms with Crippen LogP contribution in [-0.2, 0) is 7.05 Å². The van der Waals surface area contributed by atoms with Crippen molar-refractivity contribution in [2.45, 2.75) is 13.0 Å². The number of H-pyrrole nitrogens is 1. The molecule has 0 amide bonds. The summed E-state index contributed by atoms with van der Waals surface area (Å²) in [6.45, 7) is 1.69. The topological polar surface area (TPSA) is 66.7 Å². The average Bonchev–Trinajstić information content (AvgIpc) is 2.93. The van der Waals surface area contributed by atoms with E-state index in [1.165, 1.54) is 0 Å². The SMILES string of the molecule is CC(O)c1nc2ccc(-c3cnn(C)c3)cc2[nH]1. The molecule has 0 aliphatic heterocycles. The Balaban J connectivity index is 2.10. The first kappa shape index (κ1) is 11.0. The monoisotopic (exact) mass is 242 g/mol. The fourth-order valence-electron chi connectivity index (χ4n) is 1.98. The van der Waals surface area contributed by atoms with E-state index in [0.29, 0.717) is 5.82 Å².